The van der Waals surface area contributed by atoms with Gasteiger partial charge in [0.25, 0.3) is 11.5 Å². The Balaban J connectivity index is 0.871. The maximum Gasteiger partial charge on any atom is 0.341 e. The average molecular weight is 1280 g/mol. The van der Waals surface area contributed by atoms with E-state index >= 15 is 9.18 Å². The zero-order valence-corrected chi connectivity index (χ0v) is 54.2. The number of aromatic nitrogens is 2. The van der Waals surface area contributed by atoms with Crippen LogP contribution in [0.4, 0.5) is 21.5 Å². The minimum atomic E-state index is -2.04. The molecule has 4 aliphatic heterocycles. The number of phenolic OH excluding ortho intramolecular Hbond substituents is 1. The van der Waals surface area contributed by atoms with Gasteiger partial charge >= 0.3 is 17.7 Å². The Hall–Kier alpha value is -8.38. The summed E-state index contributed by atoms with van der Waals surface area (Å²) in [4.78, 5) is 93.7. The van der Waals surface area contributed by atoms with Crippen LogP contribution in [0.25, 0.3) is 44.2 Å². The Bertz CT molecular complexity index is 4450. The number of carboxylic acid groups (broad SMARTS) is 1. The second-order valence-electron chi connectivity index (χ2n) is 27.0. The van der Waals surface area contributed by atoms with Gasteiger partial charge in [-0.15, -0.1) is 0 Å². The van der Waals surface area contributed by atoms with Crippen molar-refractivity contribution in [2.75, 3.05) is 55.5 Å². The van der Waals surface area contributed by atoms with Crippen LogP contribution in [-0.4, -0.2) is 140 Å². The fraction of sp³-hybridized carbons (Fsp3) is 0.500. The number of hydrogen-bond donors (Lipinski definition) is 6. The predicted octanol–water partition coefficient (Wildman–Crippen LogP) is 8.16. The highest BCUT2D eigenvalue weighted by Gasteiger charge is 2.56. The largest absolute Gasteiger partial charge is 0.507 e. The number of pyridine rings is 2. The highest BCUT2D eigenvalue weighted by atomic mass is 19.1. The lowest BCUT2D eigenvalue weighted by atomic mass is 9.78. The summed E-state index contributed by atoms with van der Waals surface area (Å²) >= 11 is 0. The maximum absolute atomic E-state index is 16.3. The second-order valence-corrected chi connectivity index (χ2v) is 27.0. The summed E-state index contributed by atoms with van der Waals surface area (Å²) in [5, 5.41) is 59.7. The summed E-state index contributed by atoms with van der Waals surface area (Å²) in [5.41, 5.74) is -0.624. The lowest BCUT2D eigenvalue weighted by molar-refractivity contribution is -0.160. The van der Waals surface area contributed by atoms with E-state index in [1.54, 1.807) is 45.9 Å². The van der Waals surface area contributed by atoms with Gasteiger partial charge in [-0.1, -0.05) is 45.9 Å². The standard InChI is InChI=1S/C70H81FN6O16/c1-32-13-12-14-33(2)66(85)73-55-61(83)51-50(52-63(38(7)60(51)82)93-69(9,65(52)84)90-26-20-48(89-11)34(3)62(91-39(8)78)37(6)59(81)36(5)58(32)80)54-64(55)92-49-28-43(27-47(79)53(49)72-54)75-24-18-42(19-25-75)74(10)70(21-22-70)41-17-23-76(30-41)57-35(4)56-44(40-15-16-40)29-45(68(87)88)67(86)77(56)31-46(57)71/h12-14,20,26-29,31-32,34,36-37,40-42,48,58-59,62,80-82,84H,15-19,21-25,30H2,1-11H3,(H,73,85)(H,87,88)/t32-,34+,36+,37+,41+,48-,58-,59+,62+,69-/m0/s1. The van der Waals surface area contributed by atoms with E-state index in [4.69, 9.17) is 28.3 Å². The molecule has 4 fully saturated rings. The number of aliphatic hydroxyl groups excluding tert-OH is 3. The van der Waals surface area contributed by atoms with Gasteiger partial charge in [-0.25, -0.2) is 14.2 Å². The van der Waals surface area contributed by atoms with Crippen LogP contribution in [0.5, 0.6) is 11.5 Å². The molecular weight excluding hydrogens is 1200 g/mol. The topological polar surface area (TPSA) is 293 Å². The highest BCUT2D eigenvalue weighted by molar-refractivity contribution is 6.17. The van der Waals surface area contributed by atoms with Crippen LogP contribution < -0.4 is 41.5 Å². The molecule has 22 nitrogen and oxygen atoms in total. The number of carbonyl (C=O) groups is 3. The molecule has 0 radical (unpaired) electrons. The molecule has 10 atom stereocenters. The van der Waals surface area contributed by atoms with E-state index in [0.29, 0.717) is 48.6 Å². The number of aromatic carboxylic acids is 1. The van der Waals surface area contributed by atoms with Gasteiger partial charge in [-0.05, 0) is 108 Å². The minimum Gasteiger partial charge on any atom is -0.507 e. The third-order valence-corrected chi connectivity index (χ3v) is 21.2. The van der Waals surface area contributed by atoms with Crippen molar-refractivity contribution in [2.24, 2.45) is 29.6 Å². The number of allylic oxidation sites excluding steroid dienone is 2. The molecule has 93 heavy (non-hydrogen) atoms. The number of carbonyl (C=O) groups excluding carboxylic acids is 2. The van der Waals surface area contributed by atoms with Crippen molar-refractivity contribution in [1.82, 2.24) is 14.3 Å². The number of hydrogen-bond acceptors (Lipinski definition) is 19. The van der Waals surface area contributed by atoms with Gasteiger partial charge < -0.3 is 64.0 Å². The molecule has 0 spiro atoms. The summed E-state index contributed by atoms with van der Waals surface area (Å²) in [6.45, 7) is 16.7. The molecule has 2 saturated heterocycles. The smallest absolute Gasteiger partial charge is 0.341 e. The van der Waals surface area contributed by atoms with Crippen LogP contribution >= 0.6 is 0 Å². The molecule has 23 heteroatoms. The molecule has 494 valence electrons. The molecule has 1 amide bonds. The molecule has 6 aliphatic rings. The molecule has 7 heterocycles. The number of anilines is 3. The van der Waals surface area contributed by atoms with Crippen molar-refractivity contribution in [3.8, 4) is 11.5 Å². The molecule has 4 bridgehead atoms. The summed E-state index contributed by atoms with van der Waals surface area (Å²) in [6.07, 6.45) is 10.5. The van der Waals surface area contributed by atoms with E-state index in [9.17, 15) is 49.5 Å². The first-order valence-electron chi connectivity index (χ1n) is 32.1. The van der Waals surface area contributed by atoms with Gasteiger partial charge in [0.15, 0.2) is 28.3 Å². The highest BCUT2D eigenvalue weighted by Crippen LogP contribution is 2.53. The van der Waals surface area contributed by atoms with E-state index in [1.165, 1.54) is 69.8 Å². The SMILES string of the molecule is CO[C@H]1C=CO[C@@]2(C)Oc3c(C)c(O)c4c(=O)c(c5oc6cc(N7CCC(N(C)C8([C@@H]9CCN(c%10c(F)cn%11c(=O)c(C(=O)O)cc(C%12CC%12)c%11c%10C)C9)CC8)CC7)cc(=O)c6nc5c4c3=C2O)NC(=O)C(C)=CC=C[C@H](C)[C@H](O)[C@@H](C)[C@@H](O)[C@@H](C)[C@H](OC(C)=O)[C@@H]1C. The Morgan fingerprint density at radius 3 is 2.23 bits per heavy atom. The number of halogens is 1. The predicted molar refractivity (Wildman–Crippen MR) is 348 cm³/mol. The number of nitrogens with zero attached hydrogens (tertiary/aromatic N) is 5. The first-order valence-corrected chi connectivity index (χ1v) is 32.1. The second kappa shape index (κ2) is 24.2. The van der Waals surface area contributed by atoms with Crippen LogP contribution in [-0.2, 0) is 23.8 Å². The van der Waals surface area contributed by atoms with Crippen molar-refractivity contribution >= 4 is 79.2 Å². The van der Waals surface area contributed by atoms with Gasteiger partial charge in [-0.3, -0.25) is 33.3 Å². The van der Waals surface area contributed by atoms with E-state index in [1.807, 2.05) is 6.92 Å². The quantitative estimate of drug-likeness (QED) is 0.0452. The summed E-state index contributed by atoms with van der Waals surface area (Å²) in [5.74, 6) is -8.84. The third-order valence-electron chi connectivity index (χ3n) is 21.2. The first-order chi connectivity index (χ1) is 44.1. The lowest BCUT2D eigenvalue weighted by Gasteiger charge is -2.43. The molecule has 6 aromatic rings. The van der Waals surface area contributed by atoms with Gasteiger partial charge in [0.1, 0.15) is 34.4 Å². The molecule has 0 unspecified atom stereocenters. The number of fused-ring (bicyclic) bond motifs is 3. The van der Waals surface area contributed by atoms with Gasteiger partial charge in [0.2, 0.25) is 10.9 Å². The molecule has 2 aliphatic carbocycles. The Labute approximate surface area is 535 Å². The fourth-order valence-electron chi connectivity index (χ4n) is 15.4. The Kier molecular flexibility index (Phi) is 16.8. The number of ether oxygens (including phenoxy) is 4. The zero-order chi connectivity index (χ0) is 66.8. The Morgan fingerprint density at radius 2 is 1.57 bits per heavy atom. The first kappa shape index (κ1) is 64.7. The normalized spacial score (nSPS) is 27.2. The summed E-state index contributed by atoms with van der Waals surface area (Å²) in [7, 11) is 3.60. The maximum atomic E-state index is 16.3. The van der Waals surface area contributed by atoms with Crippen molar-refractivity contribution in [3.05, 3.63) is 125 Å². The zero-order valence-electron chi connectivity index (χ0n) is 54.2. The number of rotatable bonds is 9. The lowest BCUT2D eigenvalue weighted by Crippen LogP contribution is -2.51. The van der Waals surface area contributed by atoms with Crippen LogP contribution in [0.3, 0.4) is 0 Å². The van der Waals surface area contributed by atoms with Gasteiger partial charge in [0, 0.05) is 117 Å². The molecule has 3 aromatic heterocycles. The number of amides is 1. The minimum absolute atomic E-state index is 0.0154. The van der Waals surface area contributed by atoms with Crippen molar-refractivity contribution in [2.45, 2.75) is 155 Å². The number of phenols is 1. The monoisotopic (exact) mass is 1280 g/mol. The number of piperidine rings is 1. The van der Waals surface area contributed by atoms with E-state index in [-0.39, 0.29) is 84.1 Å². The third kappa shape index (κ3) is 11.0. The van der Waals surface area contributed by atoms with E-state index in [2.05, 4.69) is 27.1 Å². The number of esters is 1. The number of nitrogens with one attached hydrogen (secondary N) is 1. The van der Waals surface area contributed by atoms with Crippen molar-refractivity contribution < 1.29 is 67.7 Å². The number of aryl methyl sites for hydroxylation is 1. The molecule has 12 rings (SSSR count). The number of methoxy groups -OCH3 is 1. The molecule has 6 N–H and O–H groups in total. The average Bonchev–Trinajstić information content (AvgIpc) is 1.67. The summed E-state index contributed by atoms with van der Waals surface area (Å²) in [6, 6.07) is 4.79. The molecular formula is C70H81FN6O16. The number of carboxylic acids is 1. The fourth-order valence-corrected chi connectivity index (χ4v) is 15.4. The van der Waals surface area contributed by atoms with Crippen LogP contribution in [0.15, 0.2) is 79.3 Å². The number of aliphatic hydroxyl groups is 3. The number of benzene rings is 3. The van der Waals surface area contributed by atoms with Crippen molar-refractivity contribution in [3.63, 3.8) is 0 Å². The van der Waals surface area contributed by atoms with Crippen LogP contribution in [0.1, 0.15) is 126 Å². The summed E-state index contributed by atoms with van der Waals surface area (Å²) < 4.78 is 48.4. The van der Waals surface area contributed by atoms with E-state index < -0.39 is 111 Å². The Morgan fingerprint density at radius 1 is 0.871 bits per heavy atom. The van der Waals surface area contributed by atoms with Crippen LogP contribution in [0.2, 0.25) is 0 Å². The van der Waals surface area contributed by atoms with Crippen molar-refractivity contribution in [1.29, 1.82) is 0 Å². The van der Waals surface area contributed by atoms with Gasteiger partial charge in [-0.2, -0.15) is 0 Å². The number of aromatic hydroxyl groups is 1. The van der Waals surface area contributed by atoms with Crippen LogP contribution in [0, 0.1) is 49.3 Å². The molecule has 2 saturated carbocycles. The van der Waals surface area contributed by atoms with Gasteiger partial charge in [0.05, 0.1) is 52.6 Å². The molecule has 3 aromatic carbocycles. The van der Waals surface area contributed by atoms with E-state index in [0.717, 1.165) is 56.7 Å².